The van der Waals surface area contributed by atoms with Gasteiger partial charge in [0.15, 0.2) is 0 Å². The lowest BCUT2D eigenvalue weighted by Gasteiger charge is -2.12. The second-order valence-electron chi connectivity index (χ2n) is 4.08. The number of imidazole rings is 1. The lowest BCUT2D eigenvalue weighted by atomic mass is 9.98. The van der Waals surface area contributed by atoms with Crippen molar-refractivity contribution in [2.24, 2.45) is 0 Å². The Morgan fingerprint density at radius 2 is 2.06 bits per heavy atom. The maximum Gasteiger partial charge on any atom is 0.115 e. The minimum absolute atomic E-state index is 0.325. The fourth-order valence-electron chi connectivity index (χ4n) is 1.73. The number of benzene rings is 1. The molecule has 3 heteroatoms. The Morgan fingerprint density at radius 3 is 2.69 bits per heavy atom. The fourth-order valence-corrected chi connectivity index (χ4v) is 1.73. The summed E-state index contributed by atoms with van der Waals surface area (Å²) in [4.78, 5) is 4.01. The van der Waals surface area contributed by atoms with Crippen molar-refractivity contribution < 1.29 is 5.11 Å². The highest BCUT2D eigenvalue weighted by atomic mass is 16.3. The summed E-state index contributed by atoms with van der Waals surface area (Å²) in [6, 6.07) is 7.44. The first-order valence-electron chi connectivity index (χ1n) is 5.50. The van der Waals surface area contributed by atoms with Crippen LogP contribution >= 0.6 is 0 Å². The third-order valence-corrected chi connectivity index (χ3v) is 2.84. The smallest absolute Gasteiger partial charge is 0.115 e. The van der Waals surface area contributed by atoms with Crippen molar-refractivity contribution in [2.45, 2.75) is 25.8 Å². The van der Waals surface area contributed by atoms with E-state index in [4.69, 9.17) is 0 Å². The molecule has 0 aliphatic carbocycles. The summed E-state index contributed by atoms with van der Waals surface area (Å²) in [6.07, 6.45) is 6.68. The first-order chi connectivity index (χ1) is 7.75. The van der Waals surface area contributed by atoms with Crippen LogP contribution in [0.1, 0.15) is 24.8 Å². The first kappa shape index (κ1) is 10.7. The van der Waals surface area contributed by atoms with E-state index in [1.807, 2.05) is 24.7 Å². The number of aryl methyl sites for hydroxylation is 1. The molecule has 0 aliphatic heterocycles. The average molecular weight is 216 g/mol. The van der Waals surface area contributed by atoms with Crippen molar-refractivity contribution in [1.82, 2.24) is 9.55 Å². The standard InChI is InChI=1S/C13H16N2O/c1-11(6-8-15-9-7-14-10-15)12-2-4-13(16)5-3-12/h2-5,7,9-11,16H,6,8H2,1H3. The van der Waals surface area contributed by atoms with Gasteiger partial charge in [-0.2, -0.15) is 0 Å². The number of aromatic nitrogens is 2. The summed E-state index contributed by atoms with van der Waals surface area (Å²) in [6.45, 7) is 3.17. The van der Waals surface area contributed by atoms with E-state index in [0.29, 0.717) is 11.7 Å². The molecule has 0 saturated heterocycles. The molecule has 0 bridgehead atoms. The second kappa shape index (κ2) is 4.84. The lowest BCUT2D eigenvalue weighted by Crippen LogP contribution is -2.00. The number of phenolic OH excluding ortho intramolecular Hbond substituents is 1. The van der Waals surface area contributed by atoms with Crippen molar-refractivity contribution in [2.75, 3.05) is 0 Å². The van der Waals surface area contributed by atoms with Gasteiger partial charge in [0, 0.05) is 18.9 Å². The van der Waals surface area contributed by atoms with E-state index in [-0.39, 0.29) is 0 Å². The van der Waals surface area contributed by atoms with Crippen molar-refractivity contribution >= 4 is 0 Å². The van der Waals surface area contributed by atoms with Crippen LogP contribution in [0.3, 0.4) is 0 Å². The van der Waals surface area contributed by atoms with Gasteiger partial charge in [-0.1, -0.05) is 19.1 Å². The highest BCUT2D eigenvalue weighted by Gasteiger charge is 2.05. The zero-order chi connectivity index (χ0) is 11.4. The molecule has 1 N–H and O–H groups in total. The number of rotatable bonds is 4. The molecule has 2 rings (SSSR count). The molecule has 1 unspecified atom stereocenters. The Labute approximate surface area is 95.4 Å². The molecule has 16 heavy (non-hydrogen) atoms. The summed E-state index contributed by atoms with van der Waals surface area (Å²) < 4.78 is 2.08. The monoisotopic (exact) mass is 216 g/mol. The van der Waals surface area contributed by atoms with Gasteiger partial charge in [0.1, 0.15) is 5.75 Å². The molecule has 0 aliphatic rings. The maximum atomic E-state index is 9.21. The number of aromatic hydroxyl groups is 1. The summed E-state index contributed by atoms with van der Waals surface area (Å²) in [5.41, 5.74) is 1.26. The van der Waals surface area contributed by atoms with Crippen LogP contribution in [0.15, 0.2) is 43.0 Å². The minimum atomic E-state index is 0.325. The van der Waals surface area contributed by atoms with Crippen LogP contribution < -0.4 is 0 Å². The van der Waals surface area contributed by atoms with Crippen LogP contribution in [-0.2, 0) is 6.54 Å². The molecule has 0 fully saturated rings. The van der Waals surface area contributed by atoms with Gasteiger partial charge in [-0.15, -0.1) is 0 Å². The number of hydrogen-bond donors (Lipinski definition) is 1. The van der Waals surface area contributed by atoms with Gasteiger partial charge in [0.05, 0.1) is 6.33 Å². The molecule has 84 valence electrons. The maximum absolute atomic E-state index is 9.21. The van der Waals surface area contributed by atoms with Gasteiger partial charge in [0.25, 0.3) is 0 Å². The van der Waals surface area contributed by atoms with Crippen LogP contribution in [0, 0.1) is 0 Å². The SMILES string of the molecule is CC(CCn1ccnc1)c1ccc(O)cc1. The van der Waals surface area contributed by atoms with Gasteiger partial charge in [-0.3, -0.25) is 0 Å². The van der Waals surface area contributed by atoms with E-state index in [0.717, 1.165) is 13.0 Å². The van der Waals surface area contributed by atoms with Crippen LogP contribution in [0.25, 0.3) is 0 Å². The molecular weight excluding hydrogens is 200 g/mol. The molecule has 0 saturated carbocycles. The van der Waals surface area contributed by atoms with Crippen LogP contribution in [-0.4, -0.2) is 14.7 Å². The van der Waals surface area contributed by atoms with Crippen LogP contribution in [0.4, 0.5) is 0 Å². The molecule has 1 aromatic carbocycles. The Bertz CT molecular complexity index is 420. The molecule has 0 amide bonds. The average Bonchev–Trinajstić information content (AvgIpc) is 2.80. The van der Waals surface area contributed by atoms with Crippen molar-refractivity contribution in [3.8, 4) is 5.75 Å². The van der Waals surface area contributed by atoms with Crippen molar-refractivity contribution in [1.29, 1.82) is 0 Å². The van der Waals surface area contributed by atoms with Crippen LogP contribution in [0.5, 0.6) is 5.75 Å². The number of nitrogens with zero attached hydrogens (tertiary/aromatic N) is 2. The number of phenols is 1. The molecular formula is C13H16N2O. The van der Waals surface area contributed by atoms with E-state index >= 15 is 0 Å². The molecule has 0 radical (unpaired) electrons. The molecule has 2 aromatic rings. The summed E-state index contributed by atoms with van der Waals surface area (Å²) >= 11 is 0. The van der Waals surface area contributed by atoms with Gasteiger partial charge in [-0.25, -0.2) is 4.98 Å². The molecule has 1 aromatic heterocycles. The third kappa shape index (κ3) is 2.63. The summed E-state index contributed by atoms with van der Waals surface area (Å²) in [7, 11) is 0. The predicted molar refractivity (Wildman–Crippen MR) is 63.4 cm³/mol. The highest BCUT2D eigenvalue weighted by Crippen LogP contribution is 2.21. The van der Waals surface area contributed by atoms with E-state index in [9.17, 15) is 5.11 Å². The van der Waals surface area contributed by atoms with E-state index in [2.05, 4.69) is 16.5 Å². The largest absolute Gasteiger partial charge is 0.508 e. The number of hydrogen-bond acceptors (Lipinski definition) is 2. The Kier molecular flexibility index (Phi) is 3.25. The molecule has 0 spiro atoms. The van der Waals surface area contributed by atoms with Crippen molar-refractivity contribution in [3.05, 3.63) is 48.5 Å². The lowest BCUT2D eigenvalue weighted by molar-refractivity contribution is 0.474. The molecule has 1 atom stereocenters. The Hall–Kier alpha value is -1.77. The Morgan fingerprint density at radius 1 is 1.31 bits per heavy atom. The van der Waals surface area contributed by atoms with E-state index in [1.54, 1.807) is 18.3 Å². The normalized spacial score (nSPS) is 12.6. The van der Waals surface area contributed by atoms with Gasteiger partial charge in [-0.05, 0) is 30.0 Å². The third-order valence-electron chi connectivity index (χ3n) is 2.84. The van der Waals surface area contributed by atoms with Gasteiger partial charge in [0.2, 0.25) is 0 Å². The quantitative estimate of drug-likeness (QED) is 0.853. The van der Waals surface area contributed by atoms with Gasteiger partial charge >= 0.3 is 0 Å². The molecule has 1 heterocycles. The summed E-state index contributed by atoms with van der Waals surface area (Å²) in [5, 5.41) is 9.21. The predicted octanol–water partition coefficient (Wildman–Crippen LogP) is 2.78. The second-order valence-corrected chi connectivity index (χ2v) is 4.08. The topological polar surface area (TPSA) is 38.0 Å². The highest BCUT2D eigenvalue weighted by molar-refractivity contribution is 5.27. The Balaban J connectivity index is 1.93. The zero-order valence-corrected chi connectivity index (χ0v) is 9.37. The van der Waals surface area contributed by atoms with Crippen molar-refractivity contribution in [3.63, 3.8) is 0 Å². The van der Waals surface area contributed by atoms with E-state index < -0.39 is 0 Å². The molecule has 3 nitrogen and oxygen atoms in total. The fraction of sp³-hybridized carbons (Fsp3) is 0.308. The van der Waals surface area contributed by atoms with Gasteiger partial charge < -0.3 is 9.67 Å². The zero-order valence-electron chi connectivity index (χ0n) is 9.37. The minimum Gasteiger partial charge on any atom is -0.508 e. The summed E-state index contributed by atoms with van der Waals surface area (Å²) in [5.74, 6) is 0.813. The van der Waals surface area contributed by atoms with Crippen LogP contribution in [0.2, 0.25) is 0 Å². The van der Waals surface area contributed by atoms with E-state index in [1.165, 1.54) is 5.56 Å². The first-order valence-corrected chi connectivity index (χ1v) is 5.50.